The van der Waals surface area contributed by atoms with Crippen molar-refractivity contribution in [3.05, 3.63) is 42.2 Å². The molecule has 2 aromatic rings. The molecule has 108 valence electrons. The maximum atomic E-state index is 5.41. The van der Waals surface area contributed by atoms with Gasteiger partial charge in [-0.2, -0.15) is 5.10 Å². The van der Waals surface area contributed by atoms with E-state index in [1.54, 1.807) is 13.3 Å². The number of thioether (sulfide) groups is 1. The Kier molecular flexibility index (Phi) is 5.49. The van der Waals surface area contributed by atoms with E-state index in [1.807, 2.05) is 29.6 Å². The fourth-order valence-corrected chi connectivity index (χ4v) is 3.14. The standard InChI is InChI=1S/C15H21N3OS/c1-4-16-13(11-20-12-8-6-5-7-9-12)15-14(19-3)10-17-18(15)2/h5-10,13,16H,4,11H2,1-3H3. The molecule has 0 saturated heterocycles. The van der Waals surface area contributed by atoms with Gasteiger partial charge in [-0.25, -0.2) is 0 Å². The number of methoxy groups -OCH3 is 1. The van der Waals surface area contributed by atoms with Crippen molar-refractivity contribution in [3.8, 4) is 5.75 Å². The van der Waals surface area contributed by atoms with Crippen molar-refractivity contribution in [2.24, 2.45) is 7.05 Å². The molecule has 0 aliphatic rings. The molecule has 5 heteroatoms. The van der Waals surface area contributed by atoms with E-state index in [-0.39, 0.29) is 6.04 Å². The zero-order valence-corrected chi connectivity index (χ0v) is 13.0. The zero-order valence-electron chi connectivity index (χ0n) is 12.2. The molecule has 0 aliphatic heterocycles. The van der Waals surface area contributed by atoms with Crippen LogP contribution in [0.15, 0.2) is 41.4 Å². The van der Waals surface area contributed by atoms with E-state index in [2.05, 4.69) is 41.6 Å². The second-order valence-electron chi connectivity index (χ2n) is 4.46. The number of nitrogens with one attached hydrogen (secondary N) is 1. The summed E-state index contributed by atoms with van der Waals surface area (Å²) in [6.45, 7) is 3.03. The Morgan fingerprint density at radius 3 is 2.75 bits per heavy atom. The van der Waals surface area contributed by atoms with Crippen molar-refractivity contribution in [2.75, 3.05) is 19.4 Å². The minimum Gasteiger partial charge on any atom is -0.493 e. The molecule has 0 saturated carbocycles. The van der Waals surface area contributed by atoms with Gasteiger partial charge in [0.2, 0.25) is 0 Å². The fourth-order valence-electron chi connectivity index (χ4n) is 2.16. The van der Waals surface area contributed by atoms with Crippen LogP contribution >= 0.6 is 11.8 Å². The average molecular weight is 291 g/mol. The number of nitrogens with zero attached hydrogens (tertiary/aromatic N) is 2. The largest absolute Gasteiger partial charge is 0.493 e. The summed E-state index contributed by atoms with van der Waals surface area (Å²) in [6, 6.07) is 10.6. The Labute approximate surface area is 124 Å². The normalized spacial score (nSPS) is 12.3. The van der Waals surface area contributed by atoms with Gasteiger partial charge in [0.25, 0.3) is 0 Å². The second-order valence-corrected chi connectivity index (χ2v) is 5.55. The lowest BCUT2D eigenvalue weighted by Gasteiger charge is -2.19. The summed E-state index contributed by atoms with van der Waals surface area (Å²) >= 11 is 1.84. The van der Waals surface area contributed by atoms with E-state index < -0.39 is 0 Å². The lowest BCUT2D eigenvalue weighted by Crippen LogP contribution is -2.25. The van der Waals surface area contributed by atoms with Crippen molar-refractivity contribution in [1.82, 2.24) is 15.1 Å². The van der Waals surface area contributed by atoms with E-state index in [0.717, 1.165) is 23.7 Å². The smallest absolute Gasteiger partial charge is 0.161 e. The third-order valence-electron chi connectivity index (χ3n) is 3.11. The first-order chi connectivity index (χ1) is 9.76. The first kappa shape index (κ1) is 14.9. The summed E-state index contributed by atoms with van der Waals surface area (Å²) in [5.74, 6) is 1.78. The number of rotatable bonds is 7. The number of hydrogen-bond donors (Lipinski definition) is 1. The predicted molar refractivity (Wildman–Crippen MR) is 83.3 cm³/mol. The minimum absolute atomic E-state index is 0.215. The molecule has 0 fully saturated rings. The molecule has 2 rings (SSSR count). The molecule has 20 heavy (non-hydrogen) atoms. The van der Waals surface area contributed by atoms with Crippen LogP contribution in [0, 0.1) is 0 Å². The summed E-state index contributed by atoms with van der Waals surface area (Å²) in [5.41, 5.74) is 1.10. The fraction of sp³-hybridized carbons (Fsp3) is 0.400. The Bertz CT molecular complexity index is 527. The third-order valence-corrected chi connectivity index (χ3v) is 4.22. The summed E-state index contributed by atoms with van der Waals surface area (Å²) in [7, 11) is 3.64. The third kappa shape index (κ3) is 3.55. The lowest BCUT2D eigenvalue weighted by molar-refractivity contribution is 0.399. The molecule has 1 N–H and O–H groups in total. The van der Waals surface area contributed by atoms with Gasteiger partial charge in [-0.3, -0.25) is 4.68 Å². The van der Waals surface area contributed by atoms with Crippen LogP contribution in [0.1, 0.15) is 18.7 Å². The van der Waals surface area contributed by atoms with Crippen molar-refractivity contribution in [1.29, 1.82) is 0 Å². The number of benzene rings is 1. The molecule has 1 unspecified atom stereocenters. The molecule has 1 atom stereocenters. The SMILES string of the molecule is CCNC(CSc1ccccc1)c1c(OC)cnn1C. The van der Waals surface area contributed by atoms with Crippen molar-refractivity contribution in [3.63, 3.8) is 0 Å². The molecule has 0 amide bonds. The van der Waals surface area contributed by atoms with Gasteiger partial charge in [0.05, 0.1) is 25.0 Å². The van der Waals surface area contributed by atoms with Crippen LogP contribution in [0.25, 0.3) is 0 Å². The Hall–Kier alpha value is -1.46. The monoisotopic (exact) mass is 291 g/mol. The molecular formula is C15H21N3OS. The Morgan fingerprint density at radius 2 is 2.10 bits per heavy atom. The molecule has 4 nitrogen and oxygen atoms in total. The van der Waals surface area contributed by atoms with Gasteiger partial charge in [-0.1, -0.05) is 25.1 Å². The molecule has 0 bridgehead atoms. The summed E-state index contributed by atoms with van der Waals surface area (Å²) in [6.07, 6.45) is 1.77. The molecule has 1 heterocycles. The van der Waals surface area contributed by atoms with Gasteiger partial charge < -0.3 is 10.1 Å². The van der Waals surface area contributed by atoms with Gasteiger partial charge in [0.15, 0.2) is 5.75 Å². The molecular weight excluding hydrogens is 270 g/mol. The van der Waals surface area contributed by atoms with Crippen LogP contribution in [0.5, 0.6) is 5.75 Å². The van der Waals surface area contributed by atoms with E-state index in [0.29, 0.717) is 0 Å². The maximum absolute atomic E-state index is 5.41. The zero-order chi connectivity index (χ0) is 14.4. The Morgan fingerprint density at radius 1 is 1.35 bits per heavy atom. The second kappa shape index (κ2) is 7.36. The molecule has 0 radical (unpaired) electrons. The Balaban J connectivity index is 2.12. The van der Waals surface area contributed by atoms with E-state index >= 15 is 0 Å². The average Bonchev–Trinajstić information content (AvgIpc) is 2.85. The van der Waals surface area contributed by atoms with E-state index in [4.69, 9.17) is 4.74 Å². The van der Waals surface area contributed by atoms with E-state index in [9.17, 15) is 0 Å². The highest BCUT2D eigenvalue weighted by molar-refractivity contribution is 7.99. The van der Waals surface area contributed by atoms with Crippen LogP contribution < -0.4 is 10.1 Å². The topological polar surface area (TPSA) is 39.1 Å². The van der Waals surface area contributed by atoms with Gasteiger partial charge in [0.1, 0.15) is 0 Å². The minimum atomic E-state index is 0.215. The highest BCUT2D eigenvalue weighted by Gasteiger charge is 2.20. The van der Waals surface area contributed by atoms with Crippen LogP contribution in [0.3, 0.4) is 0 Å². The summed E-state index contributed by atoms with van der Waals surface area (Å²) in [5, 5.41) is 7.80. The number of ether oxygens (including phenoxy) is 1. The summed E-state index contributed by atoms with van der Waals surface area (Å²) in [4.78, 5) is 1.27. The molecule has 0 spiro atoms. The first-order valence-corrected chi connectivity index (χ1v) is 7.72. The maximum Gasteiger partial charge on any atom is 0.161 e. The van der Waals surface area contributed by atoms with Gasteiger partial charge in [-0.05, 0) is 18.7 Å². The number of aromatic nitrogens is 2. The van der Waals surface area contributed by atoms with Crippen molar-refractivity contribution in [2.45, 2.75) is 17.9 Å². The quantitative estimate of drug-likeness (QED) is 0.796. The van der Waals surface area contributed by atoms with Crippen LogP contribution in [0.2, 0.25) is 0 Å². The number of hydrogen-bond acceptors (Lipinski definition) is 4. The predicted octanol–water partition coefficient (Wildman–Crippen LogP) is 2.87. The van der Waals surface area contributed by atoms with Crippen molar-refractivity contribution < 1.29 is 4.74 Å². The van der Waals surface area contributed by atoms with Crippen molar-refractivity contribution >= 4 is 11.8 Å². The summed E-state index contributed by atoms with van der Waals surface area (Å²) < 4.78 is 7.30. The van der Waals surface area contributed by atoms with Crippen LogP contribution in [0.4, 0.5) is 0 Å². The molecule has 0 aliphatic carbocycles. The highest BCUT2D eigenvalue weighted by Crippen LogP contribution is 2.29. The van der Waals surface area contributed by atoms with Gasteiger partial charge in [-0.15, -0.1) is 11.8 Å². The van der Waals surface area contributed by atoms with Crippen LogP contribution in [-0.2, 0) is 7.05 Å². The molecule has 1 aromatic carbocycles. The van der Waals surface area contributed by atoms with E-state index in [1.165, 1.54) is 4.90 Å². The molecule has 1 aromatic heterocycles. The first-order valence-electron chi connectivity index (χ1n) is 6.73. The van der Waals surface area contributed by atoms with Crippen LogP contribution in [-0.4, -0.2) is 29.2 Å². The number of aryl methyl sites for hydroxylation is 1. The lowest BCUT2D eigenvalue weighted by atomic mass is 10.2. The van der Waals surface area contributed by atoms with Gasteiger partial charge in [0, 0.05) is 17.7 Å². The van der Waals surface area contributed by atoms with Gasteiger partial charge >= 0.3 is 0 Å². The highest BCUT2D eigenvalue weighted by atomic mass is 32.2.